The molecule has 8 heteroatoms. The number of benzene rings is 1. The van der Waals surface area contributed by atoms with Crippen molar-refractivity contribution in [2.75, 3.05) is 19.0 Å². The van der Waals surface area contributed by atoms with Crippen molar-refractivity contribution in [3.8, 4) is 11.3 Å². The van der Waals surface area contributed by atoms with Crippen molar-refractivity contribution in [3.05, 3.63) is 60.4 Å². The lowest BCUT2D eigenvalue weighted by molar-refractivity contribution is 0.199. The molecule has 1 N–H and O–H groups in total. The van der Waals surface area contributed by atoms with E-state index < -0.39 is 0 Å². The number of rotatable bonds is 7. The third-order valence-corrected chi connectivity index (χ3v) is 3.89. The van der Waals surface area contributed by atoms with E-state index in [0.29, 0.717) is 31.3 Å². The molecule has 0 saturated carbocycles. The minimum absolute atomic E-state index is 0.396. The normalized spacial score (nSPS) is 11.1. The molecular formula is C18H18N6O2. The minimum Gasteiger partial charge on any atom is -0.384 e. The highest BCUT2D eigenvalue weighted by Crippen LogP contribution is 2.22. The van der Waals surface area contributed by atoms with Gasteiger partial charge in [0.1, 0.15) is 5.82 Å². The molecule has 3 heterocycles. The predicted octanol–water partition coefficient (Wildman–Crippen LogP) is 2.58. The summed E-state index contributed by atoms with van der Waals surface area (Å²) in [7, 11) is 1.64. The molecule has 0 bridgehead atoms. The molecule has 0 unspecified atom stereocenters. The highest BCUT2D eigenvalue weighted by molar-refractivity contribution is 5.66. The third-order valence-electron chi connectivity index (χ3n) is 3.89. The van der Waals surface area contributed by atoms with Gasteiger partial charge in [-0.25, -0.2) is 4.98 Å². The number of hydrogen-bond donors (Lipinski definition) is 1. The average Bonchev–Trinajstić information content (AvgIpc) is 3.34. The number of aromatic nitrogens is 5. The van der Waals surface area contributed by atoms with Gasteiger partial charge in [-0.05, 0) is 0 Å². The fourth-order valence-corrected chi connectivity index (χ4v) is 2.62. The molecule has 4 aromatic rings. The molecule has 0 radical (unpaired) electrons. The molecule has 0 fully saturated rings. The maximum atomic E-state index is 5.27. The summed E-state index contributed by atoms with van der Waals surface area (Å²) in [6, 6.07) is 13.8. The molecule has 132 valence electrons. The second-order valence-electron chi connectivity index (χ2n) is 5.69. The lowest BCUT2D eigenvalue weighted by Gasteiger charge is -2.09. The fraction of sp³-hybridized carbons (Fsp3) is 0.222. The number of nitrogens with one attached hydrogen (secondary N) is 1. The second-order valence-corrected chi connectivity index (χ2v) is 5.69. The fourth-order valence-electron chi connectivity index (χ4n) is 2.62. The Balaban J connectivity index is 1.57. The summed E-state index contributed by atoms with van der Waals surface area (Å²) >= 11 is 0. The Kier molecular flexibility index (Phi) is 4.57. The number of ether oxygens (including phenoxy) is 1. The van der Waals surface area contributed by atoms with E-state index in [1.165, 1.54) is 0 Å². The van der Waals surface area contributed by atoms with Crippen LogP contribution in [0.25, 0.3) is 16.9 Å². The van der Waals surface area contributed by atoms with E-state index in [4.69, 9.17) is 9.26 Å². The summed E-state index contributed by atoms with van der Waals surface area (Å²) in [4.78, 5) is 9.00. The molecule has 0 amide bonds. The second kappa shape index (κ2) is 7.32. The molecule has 26 heavy (non-hydrogen) atoms. The van der Waals surface area contributed by atoms with Gasteiger partial charge in [0.15, 0.2) is 11.5 Å². The van der Waals surface area contributed by atoms with Crippen LogP contribution in [-0.4, -0.2) is 38.5 Å². The summed E-state index contributed by atoms with van der Waals surface area (Å²) in [6.45, 7) is 0.957. The molecule has 1 aromatic carbocycles. The first kappa shape index (κ1) is 16.2. The molecule has 3 aromatic heterocycles. The average molecular weight is 350 g/mol. The minimum atomic E-state index is 0.396. The van der Waals surface area contributed by atoms with E-state index in [2.05, 4.69) is 25.5 Å². The third kappa shape index (κ3) is 3.40. The SMILES string of the molecule is COCCc1noc(CNc2cc(-c3ccccc3)nc3ccnn23)n1. The van der Waals surface area contributed by atoms with Gasteiger partial charge in [-0.1, -0.05) is 35.5 Å². The van der Waals surface area contributed by atoms with Crippen molar-refractivity contribution in [1.29, 1.82) is 0 Å². The number of hydrogen-bond acceptors (Lipinski definition) is 7. The van der Waals surface area contributed by atoms with Crippen LogP contribution in [0, 0.1) is 0 Å². The largest absolute Gasteiger partial charge is 0.384 e. The first-order chi connectivity index (χ1) is 12.8. The van der Waals surface area contributed by atoms with Crippen LogP contribution in [0.15, 0.2) is 53.2 Å². The van der Waals surface area contributed by atoms with Crippen molar-refractivity contribution < 1.29 is 9.26 Å². The van der Waals surface area contributed by atoms with Crippen LogP contribution in [0.1, 0.15) is 11.7 Å². The van der Waals surface area contributed by atoms with E-state index in [1.54, 1.807) is 17.8 Å². The van der Waals surface area contributed by atoms with Crippen molar-refractivity contribution in [2.45, 2.75) is 13.0 Å². The van der Waals surface area contributed by atoms with Crippen LogP contribution in [0.4, 0.5) is 5.82 Å². The van der Waals surface area contributed by atoms with E-state index >= 15 is 0 Å². The van der Waals surface area contributed by atoms with Crippen LogP contribution in [0.2, 0.25) is 0 Å². The number of methoxy groups -OCH3 is 1. The molecule has 0 aliphatic heterocycles. The molecular weight excluding hydrogens is 332 g/mol. The molecule has 0 aliphatic carbocycles. The van der Waals surface area contributed by atoms with E-state index in [9.17, 15) is 0 Å². The molecule has 0 aliphatic rings. The van der Waals surface area contributed by atoms with Gasteiger partial charge in [0.2, 0.25) is 5.89 Å². The smallest absolute Gasteiger partial charge is 0.245 e. The van der Waals surface area contributed by atoms with Crippen LogP contribution in [0.3, 0.4) is 0 Å². The van der Waals surface area contributed by atoms with E-state index in [-0.39, 0.29) is 0 Å². The standard InChI is InChI=1S/C18H18N6O2/c1-25-10-8-15-22-18(26-23-15)12-19-17-11-14(13-5-3-2-4-6-13)21-16-7-9-20-24(16)17/h2-7,9,11,19H,8,10,12H2,1H3. The highest BCUT2D eigenvalue weighted by atomic mass is 16.5. The molecule has 4 rings (SSSR count). The van der Waals surface area contributed by atoms with Gasteiger partial charge in [0, 0.05) is 31.2 Å². The monoisotopic (exact) mass is 350 g/mol. The molecule has 0 saturated heterocycles. The molecule has 0 spiro atoms. The van der Waals surface area contributed by atoms with Crippen LogP contribution in [-0.2, 0) is 17.7 Å². The first-order valence-electron chi connectivity index (χ1n) is 8.28. The van der Waals surface area contributed by atoms with Crippen LogP contribution in [0.5, 0.6) is 0 Å². The quantitative estimate of drug-likeness (QED) is 0.548. The van der Waals surface area contributed by atoms with Gasteiger partial charge in [-0.15, -0.1) is 0 Å². The van der Waals surface area contributed by atoms with Crippen molar-refractivity contribution >= 4 is 11.5 Å². The Labute approximate surface area is 149 Å². The van der Waals surface area contributed by atoms with Crippen LogP contribution >= 0.6 is 0 Å². The Morgan fingerprint density at radius 3 is 2.88 bits per heavy atom. The Bertz CT molecular complexity index is 995. The maximum Gasteiger partial charge on any atom is 0.245 e. The molecule has 0 atom stereocenters. The summed E-state index contributed by atoms with van der Waals surface area (Å²) < 4.78 is 12.0. The zero-order chi connectivity index (χ0) is 17.8. The van der Waals surface area contributed by atoms with Crippen LogP contribution < -0.4 is 5.32 Å². The van der Waals surface area contributed by atoms with Gasteiger partial charge in [0.05, 0.1) is 25.0 Å². The van der Waals surface area contributed by atoms with E-state index in [1.807, 2.05) is 42.5 Å². The number of anilines is 1. The van der Waals surface area contributed by atoms with Crippen molar-refractivity contribution in [2.24, 2.45) is 0 Å². The van der Waals surface area contributed by atoms with E-state index in [0.717, 1.165) is 22.7 Å². The van der Waals surface area contributed by atoms with Gasteiger partial charge >= 0.3 is 0 Å². The summed E-state index contributed by atoms with van der Waals surface area (Å²) in [6.07, 6.45) is 2.34. The lowest BCUT2D eigenvalue weighted by atomic mass is 10.1. The number of fused-ring (bicyclic) bond motifs is 1. The Morgan fingerprint density at radius 2 is 2.04 bits per heavy atom. The predicted molar refractivity (Wildman–Crippen MR) is 95.6 cm³/mol. The Morgan fingerprint density at radius 1 is 1.15 bits per heavy atom. The molecule has 8 nitrogen and oxygen atoms in total. The van der Waals surface area contributed by atoms with Gasteiger partial charge in [-0.3, -0.25) is 0 Å². The zero-order valence-electron chi connectivity index (χ0n) is 14.3. The zero-order valence-corrected chi connectivity index (χ0v) is 14.3. The van der Waals surface area contributed by atoms with Gasteiger partial charge < -0.3 is 14.6 Å². The first-order valence-corrected chi connectivity index (χ1v) is 8.28. The number of nitrogens with zero attached hydrogens (tertiary/aromatic N) is 5. The Hall–Kier alpha value is -3.26. The summed E-state index contributed by atoms with van der Waals surface area (Å²) in [5.41, 5.74) is 2.67. The maximum absolute atomic E-state index is 5.27. The lowest BCUT2D eigenvalue weighted by Crippen LogP contribution is -2.07. The van der Waals surface area contributed by atoms with Crippen molar-refractivity contribution in [3.63, 3.8) is 0 Å². The van der Waals surface area contributed by atoms with Crippen molar-refractivity contribution in [1.82, 2.24) is 24.7 Å². The van der Waals surface area contributed by atoms with Gasteiger partial charge in [-0.2, -0.15) is 14.6 Å². The summed E-state index contributed by atoms with van der Waals surface area (Å²) in [5, 5.41) is 11.6. The highest BCUT2D eigenvalue weighted by Gasteiger charge is 2.10. The topological polar surface area (TPSA) is 90.4 Å². The summed E-state index contributed by atoms with van der Waals surface area (Å²) in [5.74, 6) is 1.94. The van der Waals surface area contributed by atoms with Gasteiger partial charge in [0.25, 0.3) is 0 Å².